The molecule has 1 aromatic carbocycles. The first-order valence-corrected chi connectivity index (χ1v) is 11.5. The molecule has 8 nitrogen and oxygen atoms in total. The summed E-state index contributed by atoms with van der Waals surface area (Å²) in [6.07, 6.45) is 3.87. The number of amides is 1. The van der Waals surface area contributed by atoms with Crippen LogP contribution in [0.5, 0.6) is 0 Å². The van der Waals surface area contributed by atoms with Gasteiger partial charge in [-0.05, 0) is 25.0 Å². The Morgan fingerprint density at radius 2 is 2.07 bits per heavy atom. The monoisotopic (exact) mass is 430 g/mol. The van der Waals surface area contributed by atoms with Crippen molar-refractivity contribution >= 4 is 27.0 Å². The molecule has 1 amide bonds. The van der Waals surface area contributed by atoms with Gasteiger partial charge in [0.15, 0.2) is 0 Å². The number of nitrogens with zero attached hydrogens (tertiary/aromatic N) is 4. The second-order valence-electron chi connectivity index (χ2n) is 7.73. The summed E-state index contributed by atoms with van der Waals surface area (Å²) in [7, 11) is -0.864. The molecule has 1 fully saturated rings. The second kappa shape index (κ2) is 7.88. The normalized spacial score (nSPS) is 17.7. The largest absolute Gasteiger partial charge is 0.451 e. The number of piperidine rings is 1. The zero-order chi connectivity index (χ0) is 21.5. The molecule has 0 spiro atoms. The Labute approximate surface area is 176 Å². The van der Waals surface area contributed by atoms with E-state index in [1.807, 2.05) is 18.2 Å². The molecule has 9 heteroatoms. The molecule has 1 unspecified atom stereocenters. The van der Waals surface area contributed by atoms with Crippen LogP contribution in [0.15, 0.2) is 46.1 Å². The van der Waals surface area contributed by atoms with E-state index in [0.29, 0.717) is 13.1 Å². The Morgan fingerprint density at radius 3 is 2.80 bits per heavy atom. The number of aromatic nitrogens is 2. The van der Waals surface area contributed by atoms with Crippen molar-refractivity contribution in [1.29, 1.82) is 0 Å². The summed E-state index contributed by atoms with van der Waals surface area (Å²) in [5.74, 6) is 0.796. The molecule has 0 radical (unpaired) electrons. The molecule has 0 N–H and O–H groups in total. The van der Waals surface area contributed by atoms with Gasteiger partial charge in [0.25, 0.3) is 15.9 Å². The van der Waals surface area contributed by atoms with Gasteiger partial charge in [0, 0.05) is 39.7 Å². The minimum Gasteiger partial charge on any atom is -0.451 e. The lowest BCUT2D eigenvalue weighted by Gasteiger charge is -2.34. The average Bonchev–Trinajstić information content (AvgIpc) is 3.38. The number of fused-ring (bicyclic) bond motifs is 1. The molecule has 160 valence electrons. The van der Waals surface area contributed by atoms with Crippen molar-refractivity contribution in [3.8, 4) is 0 Å². The van der Waals surface area contributed by atoms with Gasteiger partial charge in [0.05, 0.1) is 22.6 Å². The zero-order valence-corrected chi connectivity index (χ0v) is 18.2. The number of sulfonamides is 1. The van der Waals surface area contributed by atoms with Gasteiger partial charge in [0.1, 0.15) is 12.1 Å². The van der Waals surface area contributed by atoms with Crippen LogP contribution < -0.4 is 0 Å². The number of carbonyl (C=O) groups excluding carboxylic acids is 1. The standard InChI is InChI=1S/C21H26N4O4S/c1-4-19-22-17-9-5-6-10-18(17)25(19)16-8-7-11-24(13-16)21(26)15-12-20(29-14-15)30(27,28)23(2)3/h5-6,9-10,12,14,16H,4,7-8,11,13H2,1-3H3. The first kappa shape index (κ1) is 20.6. The number of aryl methyl sites for hydroxylation is 1. The minimum atomic E-state index is -3.72. The van der Waals surface area contributed by atoms with Crippen molar-refractivity contribution in [3.63, 3.8) is 0 Å². The van der Waals surface area contributed by atoms with Gasteiger partial charge in [-0.3, -0.25) is 4.79 Å². The van der Waals surface area contributed by atoms with Crippen LogP contribution in [-0.2, 0) is 16.4 Å². The third-order valence-corrected chi connectivity index (χ3v) is 7.28. The SMILES string of the molecule is CCc1nc2ccccc2n1C1CCCN(C(=O)c2coc(S(=O)(=O)N(C)C)c2)C1. The van der Waals surface area contributed by atoms with Crippen LogP contribution in [0.3, 0.4) is 0 Å². The van der Waals surface area contributed by atoms with Gasteiger partial charge in [0.2, 0.25) is 5.09 Å². The highest BCUT2D eigenvalue weighted by molar-refractivity contribution is 7.88. The molecular weight excluding hydrogens is 404 g/mol. The van der Waals surface area contributed by atoms with Crippen LogP contribution in [0.2, 0.25) is 0 Å². The highest BCUT2D eigenvalue weighted by Gasteiger charge is 2.30. The van der Waals surface area contributed by atoms with E-state index in [-0.39, 0.29) is 22.6 Å². The van der Waals surface area contributed by atoms with Gasteiger partial charge in [-0.25, -0.2) is 17.7 Å². The van der Waals surface area contributed by atoms with Crippen molar-refractivity contribution in [2.45, 2.75) is 37.3 Å². The number of para-hydroxylation sites is 2. The summed E-state index contributed by atoms with van der Waals surface area (Å²) >= 11 is 0. The summed E-state index contributed by atoms with van der Waals surface area (Å²) in [6, 6.07) is 9.50. The van der Waals surface area contributed by atoms with E-state index in [0.717, 1.165) is 40.4 Å². The van der Waals surface area contributed by atoms with E-state index in [9.17, 15) is 13.2 Å². The summed E-state index contributed by atoms with van der Waals surface area (Å²) in [5.41, 5.74) is 2.30. The maximum absolute atomic E-state index is 13.1. The van der Waals surface area contributed by atoms with Crippen LogP contribution in [0.1, 0.15) is 42.0 Å². The van der Waals surface area contributed by atoms with Gasteiger partial charge < -0.3 is 13.9 Å². The zero-order valence-electron chi connectivity index (χ0n) is 17.4. The highest BCUT2D eigenvalue weighted by Crippen LogP contribution is 2.29. The van der Waals surface area contributed by atoms with E-state index in [1.54, 1.807) is 4.90 Å². The topological polar surface area (TPSA) is 88.6 Å². The number of carbonyl (C=O) groups is 1. The number of benzene rings is 1. The van der Waals surface area contributed by atoms with Crippen LogP contribution in [0.4, 0.5) is 0 Å². The molecule has 1 saturated heterocycles. The maximum Gasteiger partial charge on any atom is 0.275 e. The van der Waals surface area contributed by atoms with Crippen molar-refractivity contribution < 1.29 is 17.6 Å². The van der Waals surface area contributed by atoms with Crippen molar-refractivity contribution in [2.24, 2.45) is 0 Å². The molecule has 30 heavy (non-hydrogen) atoms. The minimum absolute atomic E-state index is 0.127. The van der Waals surface area contributed by atoms with Gasteiger partial charge in [-0.2, -0.15) is 0 Å². The van der Waals surface area contributed by atoms with Crippen LogP contribution in [0.25, 0.3) is 11.0 Å². The smallest absolute Gasteiger partial charge is 0.275 e. The predicted molar refractivity (Wildman–Crippen MR) is 113 cm³/mol. The third-order valence-electron chi connectivity index (χ3n) is 5.59. The molecule has 0 aliphatic carbocycles. The Bertz CT molecular complexity index is 1180. The van der Waals surface area contributed by atoms with Crippen molar-refractivity contribution in [3.05, 3.63) is 48.0 Å². The number of imidazole rings is 1. The number of furan rings is 1. The fraction of sp³-hybridized carbons (Fsp3) is 0.429. The van der Waals surface area contributed by atoms with Gasteiger partial charge in [-0.1, -0.05) is 19.1 Å². The van der Waals surface area contributed by atoms with Crippen LogP contribution in [0, 0.1) is 0 Å². The molecule has 0 saturated carbocycles. The molecule has 2 aromatic heterocycles. The number of likely N-dealkylation sites (tertiary alicyclic amines) is 1. The quantitative estimate of drug-likeness (QED) is 0.621. The Kier molecular flexibility index (Phi) is 5.42. The Balaban J connectivity index is 1.60. The fourth-order valence-electron chi connectivity index (χ4n) is 4.03. The maximum atomic E-state index is 13.1. The predicted octanol–water partition coefficient (Wildman–Crippen LogP) is 2.92. The number of hydrogen-bond acceptors (Lipinski definition) is 5. The van der Waals surface area contributed by atoms with E-state index < -0.39 is 10.0 Å². The van der Waals surface area contributed by atoms with Gasteiger partial charge in [-0.15, -0.1) is 0 Å². The summed E-state index contributed by atoms with van der Waals surface area (Å²) in [6.45, 7) is 3.26. The molecule has 4 rings (SSSR count). The molecule has 3 heterocycles. The lowest BCUT2D eigenvalue weighted by molar-refractivity contribution is 0.0679. The Hall–Kier alpha value is -2.65. The molecule has 1 aliphatic rings. The van der Waals surface area contributed by atoms with Crippen molar-refractivity contribution in [2.75, 3.05) is 27.2 Å². The first-order valence-electron chi connectivity index (χ1n) is 10.1. The summed E-state index contributed by atoms with van der Waals surface area (Å²) in [5, 5.41) is -0.224. The van der Waals surface area contributed by atoms with Crippen molar-refractivity contribution in [1.82, 2.24) is 18.8 Å². The molecule has 0 bridgehead atoms. The van der Waals surface area contributed by atoms with Crippen LogP contribution in [-0.4, -0.2) is 60.3 Å². The van der Waals surface area contributed by atoms with E-state index in [4.69, 9.17) is 9.40 Å². The number of rotatable bonds is 5. The fourth-order valence-corrected chi connectivity index (χ4v) is 4.83. The van der Waals surface area contributed by atoms with E-state index in [1.165, 1.54) is 26.4 Å². The first-order chi connectivity index (χ1) is 14.3. The number of hydrogen-bond donors (Lipinski definition) is 0. The van der Waals surface area contributed by atoms with E-state index in [2.05, 4.69) is 17.6 Å². The lowest BCUT2D eigenvalue weighted by atomic mass is 10.0. The summed E-state index contributed by atoms with van der Waals surface area (Å²) < 4.78 is 33.0. The molecular formula is C21H26N4O4S. The van der Waals surface area contributed by atoms with E-state index >= 15 is 0 Å². The molecule has 1 aliphatic heterocycles. The summed E-state index contributed by atoms with van der Waals surface area (Å²) in [4.78, 5) is 19.6. The average molecular weight is 431 g/mol. The molecule has 1 atom stereocenters. The van der Waals surface area contributed by atoms with Crippen LogP contribution >= 0.6 is 0 Å². The Morgan fingerprint density at radius 1 is 1.30 bits per heavy atom. The lowest BCUT2D eigenvalue weighted by Crippen LogP contribution is -2.40. The molecule has 3 aromatic rings. The highest BCUT2D eigenvalue weighted by atomic mass is 32.2. The third kappa shape index (κ3) is 3.52. The second-order valence-corrected chi connectivity index (χ2v) is 9.81. The van der Waals surface area contributed by atoms with Gasteiger partial charge >= 0.3 is 0 Å².